The van der Waals surface area contributed by atoms with Crippen molar-refractivity contribution < 1.29 is 18.3 Å². The Morgan fingerprint density at radius 2 is 2.33 bits per heavy atom. The normalized spacial score (nSPS) is 20.3. The van der Waals surface area contributed by atoms with Gasteiger partial charge in [0.05, 0.1) is 25.1 Å². The zero-order chi connectivity index (χ0) is 15.9. The van der Waals surface area contributed by atoms with Crippen LogP contribution in [0.4, 0.5) is 13.6 Å². The van der Waals surface area contributed by atoms with Gasteiger partial charge >= 0.3 is 6.03 Å². The monoisotopic (exact) mass is 322 g/mol. The summed E-state index contributed by atoms with van der Waals surface area (Å²) in [5, 5.41) is 8.52. The van der Waals surface area contributed by atoms with Crippen LogP contribution in [0.1, 0.15) is 20.3 Å². The van der Waals surface area contributed by atoms with E-state index in [-0.39, 0.29) is 17.9 Å². The standard InChI is InChI=1S/C12H20F2N4O2S/c1-4-9-7-20-6-5-18(9)11(19)16-8-21-10(17-15-3)12(2,13)14/h9H,3-8H2,1-2H3,(H,16,19)/b17-10-. The second kappa shape index (κ2) is 8.28. The summed E-state index contributed by atoms with van der Waals surface area (Å²) in [4.78, 5) is 13.7. The highest BCUT2D eigenvalue weighted by molar-refractivity contribution is 8.14. The van der Waals surface area contributed by atoms with Crippen molar-refractivity contribution in [1.29, 1.82) is 0 Å². The minimum absolute atomic E-state index is 0.00952. The van der Waals surface area contributed by atoms with Crippen LogP contribution in [-0.2, 0) is 4.74 Å². The predicted molar refractivity (Wildman–Crippen MR) is 80.2 cm³/mol. The van der Waals surface area contributed by atoms with E-state index in [9.17, 15) is 13.6 Å². The fourth-order valence-corrected chi connectivity index (χ4v) is 2.54. The Balaban J connectivity index is 2.48. The molecule has 0 aromatic carbocycles. The molecule has 0 bridgehead atoms. The Morgan fingerprint density at radius 3 is 2.90 bits per heavy atom. The van der Waals surface area contributed by atoms with Crippen molar-refractivity contribution in [1.82, 2.24) is 10.2 Å². The van der Waals surface area contributed by atoms with E-state index >= 15 is 0 Å². The molecule has 120 valence electrons. The van der Waals surface area contributed by atoms with E-state index in [1.807, 2.05) is 6.92 Å². The second-order valence-corrected chi connectivity index (χ2v) is 5.50. The lowest BCUT2D eigenvalue weighted by Gasteiger charge is -2.35. The van der Waals surface area contributed by atoms with Gasteiger partial charge in [-0.25, -0.2) is 4.79 Å². The van der Waals surface area contributed by atoms with Gasteiger partial charge in [-0.05, 0) is 6.42 Å². The zero-order valence-electron chi connectivity index (χ0n) is 12.1. The molecule has 0 aromatic heterocycles. The van der Waals surface area contributed by atoms with E-state index in [0.29, 0.717) is 19.8 Å². The van der Waals surface area contributed by atoms with Gasteiger partial charge in [-0.1, -0.05) is 18.7 Å². The Morgan fingerprint density at radius 1 is 1.62 bits per heavy atom. The first-order valence-corrected chi connectivity index (χ1v) is 7.55. The number of halogens is 2. The highest BCUT2D eigenvalue weighted by Gasteiger charge is 2.31. The minimum atomic E-state index is -3.11. The molecular weight excluding hydrogens is 302 g/mol. The third-order valence-corrected chi connectivity index (χ3v) is 3.93. The van der Waals surface area contributed by atoms with Crippen molar-refractivity contribution in [2.75, 3.05) is 25.6 Å². The topological polar surface area (TPSA) is 66.3 Å². The number of urea groups is 1. The molecule has 0 spiro atoms. The SMILES string of the molecule is C=N/N=C(\SCNC(=O)N1CCOCC1CC)C(C)(F)F. The lowest BCUT2D eigenvalue weighted by Crippen LogP contribution is -2.52. The van der Waals surface area contributed by atoms with Crippen LogP contribution in [0.2, 0.25) is 0 Å². The molecule has 1 fully saturated rings. The summed E-state index contributed by atoms with van der Waals surface area (Å²) in [7, 11) is 0. The predicted octanol–water partition coefficient (Wildman–Crippen LogP) is 2.17. The molecule has 2 amide bonds. The van der Waals surface area contributed by atoms with Crippen molar-refractivity contribution in [3.05, 3.63) is 0 Å². The van der Waals surface area contributed by atoms with Gasteiger partial charge in [0.2, 0.25) is 0 Å². The minimum Gasteiger partial charge on any atom is -0.377 e. The number of alkyl halides is 2. The summed E-state index contributed by atoms with van der Waals surface area (Å²) in [5.74, 6) is -3.12. The Hall–Kier alpha value is -1.22. The number of morpholine rings is 1. The van der Waals surface area contributed by atoms with Crippen molar-refractivity contribution in [2.45, 2.75) is 32.2 Å². The van der Waals surface area contributed by atoms with Crippen LogP contribution in [0.15, 0.2) is 10.2 Å². The van der Waals surface area contributed by atoms with Crippen LogP contribution < -0.4 is 5.32 Å². The van der Waals surface area contributed by atoms with Crippen molar-refractivity contribution in [3.63, 3.8) is 0 Å². The molecule has 0 radical (unpaired) electrons. The number of carbonyl (C=O) groups excluding carboxylic acids is 1. The Labute approximate surface area is 127 Å². The molecule has 6 nitrogen and oxygen atoms in total. The summed E-state index contributed by atoms with van der Waals surface area (Å²) in [5.41, 5.74) is 0. The third-order valence-electron chi connectivity index (χ3n) is 2.93. The second-order valence-electron chi connectivity index (χ2n) is 4.54. The van der Waals surface area contributed by atoms with E-state index in [1.165, 1.54) is 0 Å². The summed E-state index contributed by atoms with van der Waals surface area (Å²) in [6.45, 7) is 7.22. The van der Waals surface area contributed by atoms with Crippen molar-refractivity contribution >= 4 is 29.6 Å². The van der Waals surface area contributed by atoms with E-state index in [4.69, 9.17) is 4.74 Å². The summed E-state index contributed by atoms with van der Waals surface area (Å²) in [6.07, 6.45) is 0.778. The van der Waals surface area contributed by atoms with Gasteiger partial charge in [-0.3, -0.25) is 0 Å². The first-order valence-electron chi connectivity index (χ1n) is 6.57. The number of ether oxygens (including phenoxy) is 1. The van der Waals surface area contributed by atoms with Gasteiger partial charge in [0.15, 0.2) is 5.04 Å². The van der Waals surface area contributed by atoms with E-state index < -0.39 is 11.0 Å². The molecule has 1 aliphatic heterocycles. The highest BCUT2D eigenvalue weighted by Crippen LogP contribution is 2.22. The summed E-state index contributed by atoms with van der Waals surface area (Å²) < 4.78 is 31.7. The number of hydrogen-bond donors (Lipinski definition) is 1. The number of hydrogen-bond acceptors (Lipinski definition) is 5. The molecule has 1 heterocycles. The summed E-state index contributed by atoms with van der Waals surface area (Å²) in [6, 6.07) is -0.276. The van der Waals surface area contributed by atoms with Gasteiger partial charge < -0.3 is 15.0 Å². The van der Waals surface area contributed by atoms with Gasteiger partial charge in [0.25, 0.3) is 5.92 Å². The highest BCUT2D eigenvalue weighted by atomic mass is 32.2. The number of thioether (sulfide) groups is 1. The van der Waals surface area contributed by atoms with Gasteiger partial charge in [0, 0.05) is 20.2 Å². The van der Waals surface area contributed by atoms with Crippen LogP contribution in [0.25, 0.3) is 0 Å². The van der Waals surface area contributed by atoms with Crippen LogP contribution in [-0.4, -0.2) is 60.3 Å². The first-order chi connectivity index (χ1) is 9.90. The molecule has 1 saturated heterocycles. The fourth-order valence-electron chi connectivity index (χ4n) is 1.84. The molecule has 0 saturated carbocycles. The molecular formula is C12H20F2N4O2S. The molecule has 21 heavy (non-hydrogen) atoms. The maximum absolute atomic E-state index is 13.2. The Kier molecular flexibility index (Phi) is 7.03. The molecule has 1 aliphatic rings. The van der Waals surface area contributed by atoms with Crippen LogP contribution in [0.3, 0.4) is 0 Å². The molecule has 0 aromatic rings. The molecule has 9 heteroatoms. The molecule has 1 N–H and O–H groups in total. The largest absolute Gasteiger partial charge is 0.377 e. The van der Waals surface area contributed by atoms with Gasteiger partial charge in [0.1, 0.15) is 0 Å². The average Bonchev–Trinajstić information content (AvgIpc) is 2.45. The molecule has 1 rings (SSSR count). The van der Waals surface area contributed by atoms with Gasteiger partial charge in [-0.15, -0.1) is 5.10 Å². The molecule has 1 unspecified atom stereocenters. The van der Waals surface area contributed by atoms with Crippen LogP contribution >= 0.6 is 11.8 Å². The summed E-state index contributed by atoms with van der Waals surface area (Å²) >= 11 is 0.731. The van der Waals surface area contributed by atoms with E-state index in [2.05, 4.69) is 22.2 Å². The Bertz CT molecular complexity index is 401. The van der Waals surface area contributed by atoms with Gasteiger partial charge in [-0.2, -0.15) is 13.9 Å². The average molecular weight is 322 g/mol. The lowest BCUT2D eigenvalue weighted by molar-refractivity contribution is 0.0116. The smallest absolute Gasteiger partial charge is 0.318 e. The lowest BCUT2D eigenvalue weighted by atomic mass is 10.2. The van der Waals surface area contributed by atoms with Crippen LogP contribution in [0, 0.1) is 0 Å². The zero-order valence-corrected chi connectivity index (χ0v) is 13.0. The quantitative estimate of drug-likeness (QED) is 0.365. The molecule has 0 aliphatic carbocycles. The molecule has 1 atom stereocenters. The number of carbonyl (C=O) groups is 1. The first kappa shape index (κ1) is 17.8. The number of amides is 2. The van der Waals surface area contributed by atoms with Crippen molar-refractivity contribution in [2.24, 2.45) is 10.2 Å². The third kappa shape index (κ3) is 5.58. The van der Waals surface area contributed by atoms with E-state index in [0.717, 1.165) is 25.1 Å². The number of nitrogens with one attached hydrogen (secondary N) is 1. The van der Waals surface area contributed by atoms with Crippen LogP contribution in [0.5, 0.6) is 0 Å². The number of rotatable bonds is 5. The maximum atomic E-state index is 13.2. The van der Waals surface area contributed by atoms with Crippen molar-refractivity contribution in [3.8, 4) is 0 Å². The van der Waals surface area contributed by atoms with E-state index in [1.54, 1.807) is 4.90 Å². The maximum Gasteiger partial charge on any atom is 0.318 e. The number of nitrogens with zero attached hydrogens (tertiary/aromatic N) is 3. The fraction of sp³-hybridized carbons (Fsp3) is 0.750.